The number of nitrogens with zero attached hydrogens (tertiary/aromatic N) is 1. The van der Waals surface area contributed by atoms with E-state index in [2.05, 4.69) is 27.3 Å². The van der Waals surface area contributed by atoms with Gasteiger partial charge in [0.25, 0.3) is 5.91 Å². The molecule has 162 valence electrons. The summed E-state index contributed by atoms with van der Waals surface area (Å²) in [6.07, 6.45) is 1.66. The largest absolute Gasteiger partial charge is 0.462 e. The Balaban J connectivity index is 1.72. The van der Waals surface area contributed by atoms with Crippen molar-refractivity contribution in [1.29, 1.82) is 5.26 Å². The number of esters is 1. The van der Waals surface area contributed by atoms with Gasteiger partial charge < -0.3 is 10.1 Å². The van der Waals surface area contributed by atoms with E-state index in [-0.39, 0.29) is 12.5 Å². The highest BCUT2D eigenvalue weighted by Gasteiger charge is 2.40. The molecule has 2 aromatic carbocycles. The van der Waals surface area contributed by atoms with Crippen LogP contribution in [0.5, 0.6) is 0 Å². The van der Waals surface area contributed by atoms with Gasteiger partial charge in [-0.3, -0.25) is 4.79 Å². The summed E-state index contributed by atoms with van der Waals surface area (Å²) < 4.78 is 6.18. The summed E-state index contributed by atoms with van der Waals surface area (Å²) in [7, 11) is 0. The molecule has 0 radical (unpaired) electrons. The second kappa shape index (κ2) is 9.27. The summed E-state index contributed by atoms with van der Waals surface area (Å²) in [4.78, 5) is 26.6. The summed E-state index contributed by atoms with van der Waals surface area (Å²) in [5, 5.41) is 13.5. The van der Waals surface area contributed by atoms with Gasteiger partial charge in [-0.15, -0.1) is 11.3 Å². The molecule has 4 rings (SSSR count). The van der Waals surface area contributed by atoms with Crippen molar-refractivity contribution in [1.82, 2.24) is 0 Å². The quantitative estimate of drug-likeness (QED) is 0.435. The first kappa shape index (κ1) is 22.3. The fraction of sp³-hybridized carbons (Fsp3) is 0.240. The van der Waals surface area contributed by atoms with Gasteiger partial charge in [0.2, 0.25) is 0 Å². The molecule has 0 unspecified atom stereocenters. The van der Waals surface area contributed by atoms with Crippen LogP contribution in [0.15, 0.2) is 59.1 Å². The number of ether oxygens (including phenoxy) is 1. The normalized spacial score (nSPS) is 17.2. The van der Waals surface area contributed by atoms with Crippen LogP contribution in [0.1, 0.15) is 50.1 Å². The molecular formula is C25H21BrN2O3S. The van der Waals surface area contributed by atoms with E-state index in [0.29, 0.717) is 35.4 Å². The average Bonchev–Trinajstić information content (AvgIpc) is 3.16. The van der Waals surface area contributed by atoms with E-state index in [1.807, 2.05) is 30.3 Å². The number of rotatable bonds is 5. The third kappa shape index (κ3) is 4.21. The monoisotopic (exact) mass is 508 g/mol. The fourth-order valence-corrected chi connectivity index (χ4v) is 5.68. The maximum Gasteiger partial charge on any atom is 0.341 e. The van der Waals surface area contributed by atoms with Crippen molar-refractivity contribution in [3.63, 3.8) is 0 Å². The molecule has 0 spiro atoms. The van der Waals surface area contributed by atoms with Gasteiger partial charge >= 0.3 is 5.97 Å². The zero-order valence-corrected chi connectivity index (χ0v) is 19.9. The van der Waals surface area contributed by atoms with E-state index in [1.54, 1.807) is 31.2 Å². The number of hydrogen-bond acceptors (Lipinski definition) is 5. The Morgan fingerprint density at radius 1 is 1.19 bits per heavy atom. The molecule has 32 heavy (non-hydrogen) atoms. The van der Waals surface area contributed by atoms with Gasteiger partial charge in [0, 0.05) is 21.3 Å². The van der Waals surface area contributed by atoms with Gasteiger partial charge in [0.05, 0.1) is 23.7 Å². The molecule has 1 aliphatic carbocycles. The van der Waals surface area contributed by atoms with Gasteiger partial charge in [-0.25, -0.2) is 4.79 Å². The minimum absolute atomic E-state index is 0.246. The molecule has 0 fully saturated rings. The molecule has 1 amide bonds. The van der Waals surface area contributed by atoms with Crippen LogP contribution in [0.3, 0.4) is 0 Å². The fourth-order valence-electron chi connectivity index (χ4n) is 4.07. The SMILES string of the molecule is CCOC(=O)c1c(NC(=O)c2ccc(Br)cc2)sc2c1CC[C@@](C#N)(c1ccccc1)C2. The van der Waals surface area contributed by atoms with Crippen molar-refractivity contribution in [2.75, 3.05) is 11.9 Å². The second-order valence-corrected chi connectivity index (χ2v) is 9.65. The Morgan fingerprint density at radius 3 is 2.56 bits per heavy atom. The molecule has 1 heterocycles. The predicted octanol–water partition coefficient (Wildman–Crippen LogP) is 5.89. The van der Waals surface area contributed by atoms with Gasteiger partial charge in [0.1, 0.15) is 5.00 Å². The van der Waals surface area contributed by atoms with Crippen LogP contribution in [0.2, 0.25) is 0 Å². The number of nitriles is 1. The number of halogens is 1. The van der Waals surface area contributed by atoms with E-state index < -0.39 is 11.4 Å². The zero-order valence-electron chi connectivity index (χ0n) is 17.5. The minimum Gasteiger partial charge on any atom is -0.462 e. The van der Waals surface area contributed by atoms with Crippen LogP contribution in [0.25, 0.3) is 0 Å². The molecule has 0 bridgehead atoms. The molecule has 5 nitrogen and oxygen atoms in total. The number of fused-ring (bicyclic) bond motifs is 1. The Bertz CT molecular complexity index is 1200. The molecular weight excluding hydrogens is 488 g/mol. The molecule has 3 aromatic rings. The first-order valence-corrected chi connectivity index (χ1v) is 11.9. The topological polar surface area (TPSA) is 79.2 Å². The molecule has 1 N–H and O–H groups in total. The lowest BCUT2D eigenvalue weighted by molar-refractivity contribution is 0.0526. The standard InChI is InChI=1S/C25H21BrN2O3S/c1-2-31-24(30)21-19-12-13-25(15-27,17-6-4-3-5-7-17)14-20(19)32-23(21)28-22(29)16-8-10-18(26)11-9-16/h3-11H,2,12-14H2,1H3,(H,28,29)/t25-/m1/s1. The first-order valence-electron chi connectivity index (χ1n) is 10.3. The molecule has 0 saturated heterocycles. The Morgan fingerprint density at radius 2 is 1.91 bits per heavy atom. The molecule has 1 atom stereocenters. The maximum atomic E-state index is 12.9. The minimum atomic E-state index is -0.655. The molecule has 1 aliphatic rings. The first-order chi connectivity index (χ1) is 15.5. The van der Waals surface area contributed by atoms with Gasteiger partial charge in [-0.2, -0.15) is 5.26 Å². The maximum absolute atomic E-state index is 12.9. The summed E-state index contributed by atoms with van der Waals surface area (Å²) >= 11 is 4.73. The average molecular weight is 509 g/mol. The van der Waals surface area contributed by atoms with Crippen molar-refractivity contribution in [2.45, 2.75) is 31.6 Å². The van der Waals surface area contributed by atoms with Crippen LogP contribution in [0.4, 0.5) is 5.00 Å². The van der Waals surface area contributed by atoms with E-state index in [0.717, 1.165) is 20.5 Å². The number of carbonyl (C=O) groups excluding carboxylic acids is 2. The summed E-state index contributed by atoms with van der Waals surface area (Å²) in [5.41, 5.74) is 2.10. The van der Waals surface area contributed by atoms with Crippen molar-refractivity contribution in [3.8, 4) is 6.07 Å². The predicted molar refractivity (Wildman–Crippen MR) is 128 cm³/mol. The lowest BCUT2D eigenvalue weighted by atomic mass is 9.70. The number of thiophene rings is 1. The number of hydrogen-bond donors (Lipinski definition) is 1. The smallest absolute Gasteiger partial charge is 0.341 e. The zero-order chi connectivity index (χ0) is 22.7. The third-order valence-electron chi connectivity index (χ3n) is 5.71. The van der Waals surface area contributed by atoms with E-state index in [4.69, 9.17) is 4.74 Å². The number of anilines is 1. The Hall–Kier alpha value is -2.95. The Kier molecular flexibility index (Phi) is 6.45. The van der Waals surface area contributed by atoms with Crippen LogP contribution < -0.4 is 5.32 Å². The number of amides is 1. The van der Waals surface area contributed by atoms with Crippen LogP contribution in [-0.4, -0.2) is 18.5 Å². The van der Waals surface area contributed by atoms with E-state index in [1.165, 1.54) is 11.3 Å². The van der Waals surface area contributed by atoms with Crippen LogP contribution >= 0.6 is 27.3 Å². The Labute approximate surface area is 199 Å². The van der Waals surface area contributed by atoms with Crippen molar-refractivity contribution in [3.05, 3.63) is 86.2 Å². The lowest BCUT2D eigenvalue weighted by Crippen LogP contribution is -2.31. The van der Waals surface area contributed by atoms with Crippen molar-refractivity contribution in [2.24, 2.45) is 0 Å². The van der Waals surface area contributed by atoms with Gasteiger partial charge in [0.15, 0.2) is 0 Å². The highest BCUT2D eigenvalue weighted by Crippen LogP contribution is 2.45. The van der Waals surface area contributed by atoms with E-state index >= 15 is 0 Å². The van der Waals surface area contributed by atoms with Gasteiger partial charge in [-0.05, 0) is 55.2 Å². The highest BCUT2D eigenvalue weighted by molar-refractivity contribution is 9.10. The number of carbonyl (C=O) groups is 2. The highest BCUT2D eigenvalue weighted by atomic mass is 79.9. The summed E-state index contributed by atoms with van der Waals surface area (Å²) in [6, 6.07) is 19.3. The van der Waals surface area contributed by atoms with Crippen LogP contribution in [-0.2, 0) is 23.0 Å². The summed E-state index contributed by atoms with van der Waals surface area (Å²) in [5.74, 6) is -0.739. The van der Waals surface area contributed by atoms with Gasteiger partial charge in [-0.1, -0.05) is 46.3 Å². The summed E-state index contributed by atoms with van der Waals surface area (Å²) in [6.45, 7) is 2.00. The van der Waals surface area contributed by atoms with Crippen LogP contribution in [0, 0.1) is 11.3 Å². The second-order valence-electron chi connectivity index (χ2n) is 7.63. The molecule has 0 aliphatic heterocycles. The molecule has 1 aromatic heterocycles. The van der Waals surface area contributed by atoms with Crippen molar-refractivity contribution < 1.29 is 14.3 Å². The van der Waals surface area contributed by atoms with Crippen molar-refractivity contribution >= 4 is 44.1 Å². The number of nitrogens with one attached hydrogen (secondary N) is 1. The molecule has 0 saturated carbocycles. The third-order valence-corrected chi connectivity index (χ3v) is 7.38. The molecule has 7 heteroatoms. The van der Waals surface area contributed by atoms with E-state index in [9.17, 15) is 14.9 Å². The lowest BCUT2D eigenvalue weighted by Gasteiger charge is -2.31. The number of benzene rings is 2.